The zero-order valence-electron chi connectivity index (χ0n) is 20.5. The first-order chi connectivity index (χ1) is 15.2. The standard InChI is InChI=1S/C31H39N/c1-23(2)11-8-13-25(5)17-28-19-29(18-26(6)14-9-12-24(3)4)21-30(20-28)22-31-16-10-15-27(7)32-31/h8-16,19-21,31-32H,5-6,17-18,22H2,1-4,7H3/b13-8-,14-9-. The molecule has 1 N–H and O–H groups in total. The van der Waals surface area contributed by atoms with Crippen LogP contribution in [-0.4, -0.2) is 6.04 Å². The van der Waals surface area contributed by atoms with Crippen molar-refractivity contribution in [3.63, 3.8) is 0 Å². The van der Waals surface area contributed by atoms with Crippen LogP contribution >= 0.6 is 0 Å². The van der Waals surface area contributed by atoms with Gasteiger partial charge in [0, 0.05) is 11.7 Å². The van der Waals surface area contributed by atoms with Gasteiger partial charge in [0.15, 0.2) is 0 Å². The average Bonchev–Trinajstić information content (AvgIpc) is 2.67. The molecule has 0 radical (unpaired) electrons. The van der Waals surface area contributed by atoms with Crippen LogP contribution in [0.25, 0.3) is 0 Å². The summed E-state index contributed by atoms with van der Waals surface area (Å²) in [6.07, 6.45) is 21.8. The third-order valence-electron chi connectivity index (χ3n) is 5.06. The van der Waals surface area contributed by atoms with E-state index in [-0.39, 0.29) is 0 Å². The molecule has 0 bridgehead atoms. The second kappa shape index (κ2) is 12.7. The molecule has 2 rings (SSSR count). The molecule has 1 aliphatic heterocycles. The minimum absolute atomic E-state index is 0.324. The molecular weight excluding hydrogens is 386 g/mol. The van der Waals surface area contributed by atoms with Gasteiger partial charge in [0.1, 0.15) is 0 Å². The van der Waals surface area contributed by atoms with E-state index < -0.39 is 0 Å². The molecule has 0 saturated heterocycles. The second-order valence-electron chi connectivity index (χ2n) is 9.22. The summed E-state index contributed by atoms with van der Waals surface area (Å²) in [4.78, 5) is 0. The fourth-order valence-corrected chi connectivity index (χ4v) is 3.65. The second-order valence-corrected chi connectivity index (χ2v) is 9.22. The molecule has 1 aromatic carbocycles. The molecular formula is C31H39N. The van der Waals surface area contributed by atoms with Crippen LogP contribution in [0.5, 0.6) is 0 Å². The SMILES string of the molecule is C=C(/C=C\C=C(C)C)Cc1cc(CC(=C)/C=C\C=C(C)C)cc(CC2C=CC=C(C)N2)c1. The lowest BCUT2D eigenvalue weighted by atomic mass is 9.93. The molecule has 0 aliphatic carbocycles. The molecule has 1 aromatic rings. The molecule has 0 amide bonds. The van der Waals surface area contributed by atoms with Gasteiger partial charge in [-0.2, -0.15) is 0 Å². The Morgan fingerprint density at radius 2 is 1.34 bits per heavy atom. The van der Waals surface area contributed by atoms with Crippen LogP contribution < -0.4 is 5.32 Å². The Hall–Kier alpha value is -3.06. The molecule has 0 fully saturated rings. The van der Waals surface area contributed by atoms with Crippen molar-refractivity contribution >= 4 is 0 Å². The van der Waals surface area contributed by atoms with Gasteiger partial charge >= 0.3 is 0 Å². The lowest BCUT2D eigenvalue weighted by Gasteiger charge is -2.20. The minimum Gasteiger partial charge on any atom is -0.382 e. The normalized spacial score (nSPS) is 15.4. The number of dihydropyridines is 1. The molecule has 0 saturated carbocycles. The number of hydrogen-bond acceptors (Lipinski definition) is 1. The van der Waals surface area contributed by atoms with Crippen LogP contribution in [0, 0.1) is 0 Å². The summed E-state index contributed by atoms with van der Waals surface area (Å²) in [6, 6.07) is 7.28. The summed E-state index contributed by atoms with van der Waals surface area (Å²) in [5, 5.41) is 3.57. The minimum atomic E-state index is 0.324. The zero-order chi connectivity index (χ0) is 23.5. The third-order valence-corrected chi connectivity index (χ3v) is 5.06. The maximum absolute atomic E-state index is 4.27. The summed E-state index contributed by atoms with van der Waals surface area (Å²) in [7, 11) is 0. The fourth-order valence-electron chi connectivity index (χ4n) is 3.65. The fraction of sp³-hybridized carbons (Fsp3) is 0.290. The lowest BCUT2D eigenvalue weighted by Crippen LogP contribution is -2.29. The Bertz CT molecular complexity index is 937. The quantitative estimate of drug-likeness (QED) is 0.376. The van der Waals surface area contributed by atoms with E-state index in [1.54, 1.807) is 0 Å². The predicted octanol–water partition coefficient (Wildman–Crippen LogP) is 7.90. The van der Waals surface area contributed by atoms with Gasteiger partial charge < -0.3 is 5.32 Å². The van der Waals surface area contributed by atoms with Crippen LogP contribution in [0.2, 0.25) is 0 Å². The van der Waals surface area contributed by atoms with Crippen molar-refractivity contribution in [2.24, 2.45) is 0 Å². The largest absolute Gasteiger partial charge is 0.382 e. The first-order valence-corrected chi connectivity index (χ1v) is 11.4. The van der Waals surface area contributed by atoms with E-state index in [0.29, 0.717) is 6.04 Å². The summed E-state index contributed by atoms with van der Waals surface area (Å²) in [5.74, 6) is 0. The van der Waals surface area contributed by atoms with E-state index in [4.69, 9.17) is 0 Å². The Labute approximate surface area is 196 Å². The van der Waals surface area contributed by atoms with Crippen LogP contribution in [-0.2, 0) is 19.3 Å². The molecule has 1 heterocycles. The van der Waals surface area contributed by atoms with Gasteiger partial charge in [-0.05, 0) is 76.6 Å². The van der Waals surface area contributed by atoms with E-state index in [2.05, 4.69) is 126 Å². The predicted molar refractivity (Wildman–Crippen MR) is 143 cm³/mol. The number of hydrogen-bond donors (Lipinski definition) is 1. The van der Waals surface area contributed by atoms with E-state index in [9.17, 15) is 0 Å². The number of benzene rings is 1. The zero-order valence-corrected chi connectivity index (χ0v) is 20.5. The Morgan fingerprint density at radius 3 is 1.81 bits per heavy atom. The first kappa shape index (κ1) is 25.2. The van der Waals surface area contributed by atoms with Crippen molar-refractivity contribution in [1.29, 1.82) is 0 Å². The van der Waals surface area contributed by atoms with Gasteiger partial charge in [-0.1, -0.05) is 102 Å². The molecule has 1 unspecified atom stereocenters. The molecule has 0 spiro atoms. The van der Waals surface area contributed by atoms with Crippen LogP contribution in [0.1, 0.15) is 51.3 Å². The monoisotopic (exact) mass is 425 g/mol. The third kappa shape index (κ3) is 9.83. The van der Waals surface area contributed by atoms with Crippen molar-refractivity contribution in [1.82, 2.24) is 5.32 Å². The molecule has 1 heteroatoms. The Balaban J connectivity index is 2.22. The summed E-state index contributed by atoms with van der Waals surface area (Å²) >= 11 is 0. The van der Waals surface area contributed by atoms with E-state index in [0.717, 1.165) is 30.4 Å². The molecule has 1 aliphatic rings. The van der Waals surface area contributed by atoms with E-state index >= 15 is 0 Å². The Morgan fingerprint density at radius 1 is 0.844 bits per heavy atom. The summed E-state index contributed by atoms with van der Waals surface area (Å²) < 4.78 is 0. The molecule has 0 aromatic heterocycles. The highest BCUT2D eigenvalue weighted by Crippen LogP contribution is 2.20. The molecule has 1 atom stereocenters. The molecule has 32 heavy (non-hydrogen) atoms. The number of allylic oxidation sites excluding steroid dienone is 13. The van der Waals surface area contributed by atoms with Crippen LogP contribution in [0.15, 0.2) is 114 Å². The highest BCUT2D eigenvalue weighted by Gasteiger charge is 2.11. The maximum Gasteiger partial charge on any atom is 0.0484 e. The van der Waals surface area contributed by atoms with Gasteiger partial charge in [-0.15, -0.1) is 0 Å². The lowest BCUT2D eigenvalue weighted by molar-refractivity contribution is 0.657. The van der Waals surface area contributed by atoms with Crippen LogP contribution in [0.4, 0.5) is 0 Å². The van der Waals surface area contributed by atoms with Gasteiger partial charge in [0.25, 0.3) is 0 Å². The van der Waals surface area contributed by atoms with Crippen molar-refractivity contribution in [3.05, 3.63) is 131 Å². The number of rotatable bonds is 10. The van der Waals surface area contributed by atoms with Crippen LogP contribution in [0.3, 0.4) is 0 Å². The molecule has 1 nitrogen and oxygen atoms in total. The van der Waals surface area contributed by atoms with Gasteiger partial charge in [-0.3, -0.25) is 0 Å². The van der Waals surface area contributed by atoms with Gasteiger partial charge in [0.2, 0.25) is 0 Å². The topological polar surface area (TPSA) is 12.0 Å². The number of nitrogens with one attached hydrogen (secondary N) is 1. The first-order valence-electron chi connectivity index (χ1n) is 11.4. The van der Waals surface area contributed by atoms with E-state index in [1.165, 1.54) is 33.5 Å². The van der Waals surface area contributed by atoms with Crippen molar-refractivity contribution in [2.45, 2.75) is 59.9 Å². The van der Waals surface area contributed by atoms with Crippen molar-refractivity contribution in [2.75, 3.05) is 0 Å². The van der Waals surface area contributed by atoms with E-state index in [1.807, 2.05) is 0 Å². The summed E-state index contributed by atoms with van der Waals surface area (Å²) in [6.45, 7) is 19.1. The van der Waals surface area contributed by atoms with Crippen molar-refractivity contribution in [3.8, 4) is 0 Å². The molecule has 168 valence electrons. The smallest absolute Gasteiger partial charge is 0.0484 e. The highest BCUT2D eigenvalue weighted by atomic mass is 14.9. The van der Waals surface area contributed by atoms with Crippen molar-refractivity contribution < 1.29 is 0 Å². The highest BCUT2D eigenvalue weighted by molar-refractivity contribution is 5.39. The maximum atomic E-state index is 4.27. The summed E-state index contributed by atoms with van der Waals surface area (Å²) in [5.41, 5.74) is 9.96. The van der Waals surface area contributed by atoms with Gasteiger partial charge in [0.05, 0.1) is 0 Å². The Kier molecular flexibility index (Phi) is 10.0. The average molecular weight is 426 g/mol. The van der Waals surface area contributed by atoms with Gasteiger partial charge in [-0.25, -0.2) is 0 Å².